The van der Waals surface area contributed by atoms with Crippen molar-refractivity contribution in [3.63, 3.8) is 0 Å². The summed E-state index contributed by atoms with van der Waals surface area (Å²) in [6, 6.07) is 14.0. The van der Waals surface area contributed by atoms with Gasteiger partial charge in [-0.05, 0) is 41.7 Å². The highest BCUT2D eigenvalue weighted by molar-refractivity contribution is 5.75. The number of ether oxygens (including phenoxy) is 1. The van der Waals surface area contributed by atoms with Gasteiger partial charge in [0.05, 0.1) is 18.8 Å². The number of nitrogens with zero attached hydrogens (tertiary/aromatic N) is 2. The Bertz CT molecular complexity index is 859. The van der Waals surface area contributed by atoms with Gasteiger partial charge in [-0.2, -0.15) is 0 Å². The second-order valence-electron chi connectivity index (χ2n) is 7.70. The Balaban J connectivity index is 1.37. The van der Waals surface area contributed by atoms with Crippen molar-refractivity contribution in [3.8, 4) is 5.75 Å². The van der Waals surface area contributed by atoms with Crippen LogP contribution in [0, 0.1) is 0 Å². The summed E-state index contributed by atoms with van der Waals surface area (Å²) in [6.07, 6.45) is 4.99. The van der Waals surface area contributed by atoms with Crippen LogP contribution in [0.2, 0.25) is 0 Å². The van der Waals surface area contributed by atoms with E-state index in [2.05, 4.69) is 43.2 Å². The Kier molecular flexibility index (Phi) is 5.79. The zero-order valence-corrected chi connectivity index (χ0v) is 16.2. The van der Waals surface area contributed by atoms with E-state index in [0.717, 1.165) is 17.1 Å². The highest BCUT2D eigenvalue weighted by atomic mass is 16.5. The average molecular weight is 365 g/mol. The van der Waals surface area contributed by atoms with Crippen LogP contribution in [0.15, 0.2) is 54.9 Å². The van der Waals surface area contributed by atoms with Gasteiger partial charge >= 0.3 is 0 Å². The number of hydrogen-bond donors (Lipinski definition) is 1. The van der Waals surface area contributed by atoms with Crippen molar-refractivity contribution in [1.29, 1.82) is 0 Å². The van der Waals surface area contributed by atoms with E-state index in [0.29, 0.717) is 26.0 Å². The van der Waals surface area contributed by atoms with Crippen LogP contribution >= 0.6 is 0 Å². The number of imidazole rings is 1. The summed E-state index contributed by atoms with van der Waals surface area (Å²) in [5.74, 6) is 0.854. The molecule has 0 radical (unpaired) electrons. The number of carbonyl (C=O) groups excluding carboxylic acids is 1. The van der Waals surface area contributed by atoms with Crippen molar-refractivity contribution in [2.75, 3.05) is 6.61 Å². The highest BCUT2D eigenvalue weighted by Gasteiger charge is 2.13. The molecule has 1 N–H and O–H groups in total. The molecule has 0 aliphatic rings. The number of benzene rings is 1. The van der Waals surface area contributed by atoms with Crippen LogP contribution < -0.4 is 10.1 Å². The lowest BCUT2D eigenvalue weighted by molar-refractivity contribution is -0.121. The third kappa shape index (κ3) is 5.33. The van der Waals surface area contributed by atoms with Gasteiger partial charge in [0, 0.05) is 18.8 Å². The minimum absolute atomic E-state index is 0.0127. The number of hydrogen-bond acceptors (Lipinski definition) is 3. The molecule has 0 spiro atoms. The van der Waals surface area contributed by atoms with Gasteiger partial charge in [0.1, 0.15) is 11.4 Å². The second kappa shape index (κ2) is 8.25. The lowest BCUT2D eigenvalue weighted by Crippen LogP contribution is -2.23. The van der Waals surface area contributed by atoms with Crippen molar-refractivity contribution in [1.82, 2.24) is 14.7 Å². The molecule has 2 aromatic heterocycles. The molecule has 0 saturated heterocycles. The maximum atomic E-state index is 12.0. The third-order valence-electron chi connectivity index (χ3n) is 4.42. The van der Waals surface area contributed by atoms with Gasteiger partial charge < -0.3 is 14.5 Å². The molecule has 5 nitrogen and oxygen atoms in total. The van der Waals surface area contributed by atoms with E-state index in [9.17, 15) is 4.79 Å². The average Bonchev–Trinajstić information content (AvgIpc) is 3.06. The van der Waals surface area contributed by atoms with Crippen LogP contribution in [0.1, 0.15) is 44.9 Å². The van der Waals surface area contributed by atoms with Crippen LogP contribution in [0.25, 0.3) is 5.65 Å². The van der Waals surface area contributed by atoms with Crippen molar-refractivity contribution in [2.24, 2.45) is 0 Å². The van der Waals surface area contributed by atoms with Gasteiger partial charge in [-0.25, -0.2) is 4.98 Å². The molecule has 1 amide bonds. The Morgan fingerprint density at radius 1 is 1.15 bits per heavy atom. The maximum absolute atomic E-state index is 12.0. The summed E-state index contributed by atoms with van der Waals surface area (Å²) in [5.41, 5.74) is 3.15. The number of rotatable bonds is 7. The molecular weight excluding hydrogens is 338 g/mol. The Hall–Kier alpha value is -2.82. The van der Waals surface area contributed by atoms with E-state index < -0.39 is 0 Å². The van der Waals surface area contributed by atoms with Crippen LogP contribution in [0.3, 0.4) is 0 Å². The molecule has 3 aromatic rings. The van der Waals surface area contributed by atoms with Crippen molar-refractivity contribution in [2.45, 2.75) is 45.6 Å². The number of carbonyl (C=O) groups is 1. The molecule has 5 heteroatoms. The summed E-state index contributed by atoms with van der Waals surface area (Å²) >= 11 is 0. The molecule has 0 aliphatic carbocycles. The number of pyridine rings is 1. The first-order valence-electron chi connectivity index (χ1n) is 9.34. The predicted octanol–water partition coefficient (Wildman–Crippen LogP) is 4.11. The fourth-order valence-corrected chi connectivity index (χ4v) is 2.82. The summed E-state index contributed by atoms with van der Waals surface area (Å²) in [7, 11) is 0. The summed E-state index contributed by atoms with van der Waals surface area (Å²) in [5, 5.41) is 2.91. The normalized spacial score (nSPS) is 11.5. The Morgan fingerprint density at radius 3 is 2.63 bits per heavy atom. The lowest BCUT2D eigenvalue weighted by atomic mass is 9.87. The highest BCUT2D eigenvalue weighted by Crippen LogP contribution is 2.24. The second-order valence-corrected chi connectivity index (χ2v) is 7.70. The molecule has 0 fully saturated rings. The standard InChI is InChI=1S/C22H27N3O2/c1-22(2,3)17-9-11-19(12-10-17)27-14-6-8-21(26)23-15-18-16-25-13-5-4-7-20(25)24-18/h4-5,7,9-13,16H,6,8,14-15H2,1-3H3,(H,23,26). The maximum Gasteiger partial charge on any atom is 0.220 e. The van der Waals surface area contributed by atoms with Gasteiger partial charge in [0.15, 0.2) is 0 Å². The van der Waals surface area contributed by atoms with E-state index in [-0.39, 0.29) is 11.3 Å². The van der Waals surface area contributed by atoms with E-state index in [1.165, 1.54) is 5.56 Å². The Labute approximate surface area is 160 Å². The molecule has 2 heterocycles. The summed E-state index contributed by atoms with van der Waals surface area (Å²) < 4.78 is 7.68. The molecule has 0 atom stereocenters. The van der Waals surface area contributed by atoms with E-state index >= 15 is 0 Å². The number of nitrogens with one attached hydrogen (secondary N) is 1. The van der Waals surface area contributed by atoms with Gasteiger partial charge in [-0.1, -0.05) is 39.0 Å². The first kappa shape index (κ1) is 19.0. The van der Waals surface area contributed by atoms with E-state index in [1.807, 2.05) is 47.1 Å². The fourth-order valence-electron chi connectivity index (χ4n) is 2.82. The van der Waals surface area contributed by atoms with Crippen molar-refractivity contribution in [3.05, 3.63) is 66.1 Å². The summed E-state index contributed by atoms with van der Waals surface area (Å²) in [4.78, 5) is 16.5. The minimum Gasteiger partial charge on any atom is -0.494 e. The fraction of sp³-hybridized carbons (Fsp3) is 0.364. The van der Waals surface area contributed by atoms with Crippen LogP contribution in [0.5, 0.6) is 5.75 Å². The lowest BCUT2D eigenvalue weighted by Gasteiger charge is -2.19. The quantitative estimate of drug-likeness (QED) is 0.641. The number of amides is 1. The number of aromatic nitrogens is 2. The van der Waals surface area contributed by atoms with E-state index in [1.54, 1.807) is 0 Å². The molecule has 142 valence electrons. The third-order valence-corrected chi connectivity index (χ3v) is 4.42. The van der Waals surface area contributed by atoms with Crippen molar-refractivity contribution < 1.29 is 9.53 Å². The monoisotopic (exact) mass is 365 g/mol. The van der Waals surface area contributed by atoms with Crippen molar-refractivity contribution >= 4 is 11.6 Å². The minimum atomic E-state index is 0.0127. The van der Waals surface area contributed by atoms with Gasteiger partial charge in [0.2, 0.25) is 5.91 Å². The molecule has 27 heavy (non-hydrogen) atoms. The first-order valence-corrected chi connectivity index (χ1v) is 9.34. The molecule has 0 bridgehead atoms. The van der Waals surface area contributed by atoms with Crippen LogP contribution in [-0.4, -0.2) is 21.9 Å². The van der Waals surface area contributed by atoms with Crippen LogP contribution in [0.4, 0.5) is 0 Å². The first-order chi connectivity index (χ1) is 12.9. The van der Waals surface area contributed by atoms with Gasteiger partial charge in [-0.3, -0.25) is 4.79 Å². The molecule has 0 aliphatic heterocycles. The topological polar surface area (TPSA) is 55.6 Å². The zero-order chi connectivity index (χ0) is 19.3. The summed E-state index contributed by atoms with van der Waals surface area (Å²) in [6.45, 7) is 7.53. The largest absolute Gasteiger partial charge is 0.494 e. The predicted molar refractivity (Wildman–Crippen MR) is 107 cm³/mol. The Morgan fingerprint density at radius 2 is 1.93 bits per heavy atom. The number of fused-ring (bicyclic) bond motifs is 1. The molecular formula is C22H27N3O2. The smallest absolute Gasteiger partial charge is 0.220 e. The van der Waals surface area contributed by atoms with Gasteiger partial charge in [-0.15, -0.1) is 0 Å². The molecule has 1 aromatic carbocycles. The molecule has 0 saturated carbocycles. The van der Waals surface area contributed by atoms with Crippen LogP contribution in [-0.2, 0) is 16.8 Å². The molecule has 3 rings (SSSR count). The van der Waals surface area contributed by atoms with Gasteiger partial charge in [0.25, 0.3) is 0 Å². The van der Waals surface area contributed by atoms with E-state index in [4.69, 9.17) is 4.74 Å². The SMILES string of the molecule is CC(C)(C)c1ccc(OCCCC(=O)NCc2cn3ccccc3n2)cc1. The molecule has 0 unspecified atom stereocenters. The zero-order valence-electron chi connectivity index (χ0n) is 16.2.